The zero-order valence-corrected chi connectivity index (χ0v) is 13.3. The predicted molar refractivity (Wildman–Crippen MR) is 78.1 cm³/mol. The lowest BCUT2D eigenvalue weighted by Gasteiger charge is -2.17. The molecular weight excluding hydrogens is 338 g/mol. The van der Waals surface area contributed by atoms with Crippen molar-refractivity contribution in [3.63, 3.8) is 0 Å². The van der Waals surface area contributed by atoms with Gasteiger partial charge >= 0.3 is 0 Å². The number of carbonyl (C=O) groups is 1. The van der Waals surface area contributed by atoms with E-state index in [4.69, 9.17) is 0 Å². The van der Waals surface area contributed by atoms with Crippen molar-refractivity contribution in [1.29, 1.82) is 0 Å². The normalized spacial score (nSPS) is 11.3. The van der Waals surface area contributed by atoms with Crippen LogP contribution in [-0.4, -0.2) is 44.8 Å². The minimum absolute atomic E-state index is 0.0479. The number of hydrogen-bond acceptors (Lipinski definition) is 4. The molecule has 0 fully saturated rings. The second-order valence-corrected chi connectivity index (χ2v) is 7.68. The van der Waals surface area contributed by atoms with Crippen molar-refractivity contribution in [2.45, 2.75) is 4.90 Å². The maximum absolute atomic E-state index is 12.1. The van der Waals surface area contributed by atoms with Gasteiger partial charge in [0.2, 0.25) is 0 Å². The second-order valence-electron chi connectivity index (χ2n) is 4.02. The molecule has 1 aromatic carbocycles. The van der Waals surface area contributed by atoms with E-state index >= 15 is 0 Å². The number of benzene rings is 1. The number of rotatable bonds is 4. The maximum Gasteiger partial charge on any atom is 0.254 e. The third kappa shape index (κ3) is 4.62. The van der Waals surface area contributed by atoms with Gasteiger partial charge in [0.25, 0.3) is 5.91 Å². The third-order valence-electron chi connectivity index (χ3n) is 2.33. The van der Waals surface area contributed by atoms with Crippen LogP contribution < -0.4 is 0 Å². The topological polar surface area (TPSA) is 54.5 Å². The summed E-state index contributed by atoms with van der Waals surface area (Å²) in [6.07, 6.45) is 1.15. The summed E-state index contributed by atoms with van der Waals surface area (Å²) >= 11 is 7.52. The fourth-order valence-electron chi connectivity index (χ4n) is 1.30. The maximum atomic E-state index is 12.1. The summed E-state index contributed by atoms with van der Waals surface area (Å²) in [7, 11) is -1.50. The number of thiol groups is 1. The first-order chi connectivity index (χ1) is 8.20. The van der Waals surface area contributed by atoms with Crippen LogP contribution in [0.3, 0.4) is 0 Å². The Labute approximate surface area is 121 Å². The zero-order chi connectivity index (χ0) is 13.9. The average Bonchev–Trinajstić information content (AvgIpc) is 2.24. The van der Waals surface area contributed by atoms with E-state index in [0.717, 1.165) is 10.7 Å². The van der Waals surface area contributed by atoms with Crippen LogP contribution in [0.25, 0.3) is 0 Å². The Morgan fingerprint density at radius 2 is 2.06 bits per heavy atom. The Balaban J connectivity index is 2.80. The van der Waals surface area contributed by atoms with Crippen LogP contribution in [0.1, 0.15) is 10.4 Å². The molecule has 0 aliphatic heterocycles. The van der Waals surface area contributed by atoms with E-state index in [2.05, 4.69) is 28.6 Å². The summed E-state index contributed by atoms with van der Waals surface area (Å²) in [4.78, 5) is 14.0. The lowest BCUT2D eigenvalue weighted by molar-refractivity contribution is 0.0800. The Hall–Kier alpha value is -0.530. The van der Waals surface area contributed by atoms with Crippen molar-refractivity contribution < 1.29 is 13.2 Å². The molecule has 0 heterocycles. The molecule has 0 aromatic heterocycles. The molecule has 0 bridgehead atoms. The van der Waals surface area contributed by atoms with Crippen molar-refractivity contribution in [3.8, 4) is 0 Å². The Morgan fingerprint density at radius 1 is 1.44 bits per heavy atom. The van der Waals surface area contributed by atoms with Crippen LogP contribution >= 0.6 is 28.6 Å². The molecule has 100 valence electrons. The Kier molecular flexibility index (Phi) is 5.24. The quantitative estimate of drug-likeness (QED) is 0.842. The summed E-state index contributed by atoms with van der Waals surface area (Å²) < 4.78 is 22.9. The molecule has 1 aromatic rings. The van der Waals surface area contributed by atoms with E-state index in [1.807, 2.05) is 0 Å². The van der Waals surface area contributed by atoms with E-state index in [1.54, 1.807) is 25.2 Å². The lowest BCUT2D eigenvalue weighted by atomic mass is 10.2. The van der Waals surface area contributed by atoms with E-state index in [9.17, 15) is 13.2 Å². The van der Waals surface area contributed by atoms with Crippen LogP contribution in [0.15, 0.2) is 27.6 Å². The molecule has 0 N–H and O–H groups in total. The highest BCUT2D eigenvalue weighted by Gasteiger charge is 2.16. The fourth-order valence-corrected chi connectivity index (χ4v) is 2.75. The van der Waals surface area contributed by atoms with E-state index in [-0.39, 0.29) is 18.2 Å². The number of amides is 1. The summed E-state index contributed by atoms with van der Waals surface area (Å²) in [6.45, 7) is 0.168. The molecule has 0 saturated heterocycles. The first-order valence-electron chi connectivity index (χ1n) is 5.12. The Bertz CT molecular complexity index is 557. The molecule has 0 atom stereocenters. The van der Waals surface area contributed by atoms with E-state index in [1.165, 1.54) is 4.90 Å². The van der Waals surface area contributed by atoms with Crippen LogP contribution in [0.2, 0.25) is 0 Å². The van der Waals surface area contributed by atoms with Crippen LogP contribution in [0, 0.1) is 0 Å². The summed E-state index contributed by atoms with van der Waals surface area (Å²) in [5.74, 6) is -0.288. The van der Waals surface area contributed by atoms with Gasteiger partial charge in [0.15, 0.2) is 0 Å². The van der Waals surface area contributed by atoms with Gasteiger partial charge in [-0.25, -0.2) is 8.42 Å². The zero-order valence-electron chi connectivity index (χ0n) is 10.1. The summed E-state index contributed by atoms with van der Waals surface area (Å²) in [5, 5.41) is 0. The van der Waals surface area contributed by atoms with Gasteiger partial charge in [-0.05, 0) is 18.2 Å². The predicted octanol–water partition coefficient (Wildman–Crippen LogP) is 1.85. The summed E-state index contributed by atoms with van der Waals surface area (Å²) in [6, 6.07) is 5.13. The van der Waals surface area contributed by atoms with Gasteiger partial charge in [-0.3, -0.25) is 4.79 Å². The largest absolute Gasteiger partial charge is 0.341 e. The first kappa shape index (κ1) is 15.5. The van der Waals surface area contributed by atoms with Gasteiger partial charge in [-0.1, -0.05) is 15.9 Å². The van der Waals surface area contributed by atoms with Crippen molar-refractivity contribution >= 4 is 44.3 Å². The molecule has 7 heteroatoms. The van der Waals surface area contributed by atoms with Crippen molar-refractivity contribution in [3.05, 3.63) is 28.2 Å². The van der Waals surface area contributed by atoms with E-state index < -0.39 is 9.84 Å². The highest BCUT2D eigenvalue weighted by molar-refractivity contribution is 9.10. The molecule has 0 radical (unpaired) electrons. The van der Waals surface area contributed by atoms with Gasteiger partial charge in [0, 0.05) is 29.2 Å². The third-order valence-corrected chi connectivity index (χ3v) is 4.12. The molecule has 0 unspecified atom stereocenters. The van der Waals surface area contributed by atoms with Gasteiger partial charge < -0.3 is 4.90 Å². The minimum Gasteiger partial charge on any atom is -0.341 e. The molecule has 4 nitrogen and oxygen atoms in total. The van der Waals surface area contributed by atoms with Crippen LogP contribution in [0.5, 0.6) is 0 Å². The molecule has 0 saturated carbocycles. The molecule has 0 aliphatic rings. The molecule has 18 heavy (non-hydrogen) atoms. The van der Waals surface area contributed by atoms with Crippen molar-refractivity contribution in [2.75, 3.05) is 25.6 Å². The highest BCUT2D eigenvalue weighted by Crippen LogP contribution is 2.20. The molecule has 1 amide bonds. The fraction of sp³-hybridized carbons (Fsp3) is 0.364. The average molecular weight is 352 g/mol. The number of halogens is 1. The molecule has 1 rings (SSSR count). The van der Waals surface area contributed by atoms with Gasteiger partial charge in [0.05, 0.1) is 11.3 Å². The molecule has 0 aliphatic carbocycles. The van der Waals surface area contributed by atoms with Gasteiger partial charge in [-0.2, -0.15) is 0 Å². The molecular formula is C11H14BrNO3S2. The number of sulfone groups is 1. The SMILES string of the molecule is CN(CCS(C)(=O)=O)C(=O)c1ccc(Br)cc1S. The second kappa shape index (κ2) is 6.08. The number of hydrogen-bond donors (Lipinski definition) is 1. The van der Waals surface area contributed by atoms with Gasteiger partial charge in [-0.15, -0.1) is 12.6 Å². The lowest BCUT2D eigenvalue weighted by Crippen LogP contribution is -2.31. The van der Waals surface area contributed by atoms with Crippen molar-refractivity contribution in [2.24, 2.45) is 0 Å². The smallest absolute Gasteiger partial charge is 0.254 e. The monoisotopic (exact) mass is 351 g/mol. The minimum atomic E-state index is -3.07. The summed E-state index contributed by atoms with van der Waals surface area (Å²) in [5.41, 5.74) is 0.456. The van der Waals surface area contributed by atoms with Crippen molar-refractivity contribution in [1.82, 2.24) is 4.90 Å². The van der Waals surface area contributed by atoms with Gasteiger partial charge in [0.1, 0.15) is 9.84 Å². The van der Waals surface area contributed by atoms with Crippen LogP contribution in [0.4, 0.5) is 0 Å². The number of carbonyl (C=O) groups excluding carboxylic acids is 1. The number of nitrogens with zero attached hydrogens (tertiary/aromatic N) is 1. The Morgan fingerprint density at radius 3 is 2.56 bits per heavy atom. The first-order valence-corrected chi connectivity index (χ1v) is 8.42. The molecule has 0 spiro atoms. The van der Waals surface area contributed by atoms with Crippen LogP contribution in [-0.2, 0) is 9.84 Å². The highest BCUT2D eigenvalue weighted by atomic mass is 79.9. The van der Waals surface area contributed by atoms with E-state index in [0.29, 0.717) is 10.5 Å². The standard InChI is InChI=1S/C11H14BrNO3S2/c1-13(5-6-18(2,15)16)11(14)9-4-3-8(12)7-10(9)17/h3-4,7,17H,5-6H2,1-2H3.